The van der Waals surface area contributed by atoms with E-state index in [1.165, 1.54) is 12.4 Å². The van der Waals surface area contributed by atoms with E-state index in [-0.39, 0.29) is 17.3 Å². The number of nitrogens with one attached hydrogen (secondary N) is 1. The lowest BCUT2D eigenvalue weighted by molar-refractivity contribution is 0.0953. The smallest absolute Gasteiger partial charge is 0.252 e. The number of aromatic nitrogens is 2. The number of carbonyl (C=O) groups is 1. The van der Waals surface area contributed by atoms with Crippen LogP contribution in [0.2, 0.25) is 0 Å². The van der Waals surface area contributed by atoms with Crippen molar-refractivity contribution in [1.82, 2.24) is 15.3 Å². The predicted molar refractivity (Wildman–Crippen MR) is 102 cm³/mol. The molecule has 0 saturated heterocycles. The molecule has 7 heteroatoms. The molecule has 1 unspecified atom stereocenters. The Morgan fingerprint density at radius 2 is 1.67 bits per heavy atom. The highest BCUT2D eigenvalue weighted by Crippen LogP contribution is 2.28. The van der Waals surface area contributed by atoms with Gasteiger partial charge in [0.1, 0.15) is 5.25 Å². The molecular formula is C20H19N3O3S. The van der Waals surface area contributed by atoms with Crippen LogP contribution in [0.4, 0.5) is 0 Å². The molecule has 138 valence electrons. The number of carbonyl (C=O) groups excluding carboxylic acids is 1. The maximum Gasteiger partial charge on any atom is 0.252 e. The number of hydrogen-bond acceptors (Lipinski definition) is 5. The molecule has 0 spiro atoms. The minimum Gasteiger partial charge on any atom is -0.350 e. The Balaban J connectivity index is 1.90. The van der Waals surface area contributed by atoms with Gasteiger partial charge in [-0.25, -0.2) is 8.42 Å². The molecule has 0 fully saturated rings. The summed E-state index contributed by atoms with van der Waals surface area (Å²) < 4.78 is 26.4. The Morgan fingerprint density at radius 3 is 2.26 bits per heavy atom. The molecule has 0 bridgehead atoms. The first kappa shape index (κ1) is 18.7. The summed E-state index contributed by atoms with van der Waals surface area (Å²) >= 11 is 0. The van der Waals surface area contributed by atoms with Crippen LogP contribution in [0.25, 0.3) is 0 Å². The van der Waals surface area contributed by atoms with Gasteiger partial charge < -0.3 is 5.32 Å². The molecule has 3 rings (SSSR count). The Hall–Kier alpha value is -3.06. The molecule has 0 radical (unpaired) electrons. The number of pyridine rings is 2. The Bertz CT molecular complexity index is 1010. The molecule has 27 heavy (non-hydrogen) atoms. The number of benzene rings is 1. The fourth-order valence-electron chi connectivity index (χ4n) is 2.65. The summed E-state index contributed by atoms with van der Waals surface area (Å²) in [4.78, 5) is 20.5. The highest BCUT2D eigenvalue weighted by Gasteiger charge is 2.30. The van der Waals surface area contributed by atoms with Crippen LogP contribution in [0.15, 0.2) is 78.2 Å². The summed E-state index contributed by atoms with van der Waals surface area (Å²) in [6.07, 6.45) is 6.08. The molecule has 0 aliphatic carbocycles. The third-order valence-electron chi connectivity index (χ3n) is 4.15. The summed E-state index contributed by atoms with van der Waals surface area (Å²) in [7, 11) is -3.72. The second kappa shape index (κ2) is 8.09. The highest BCUT2D eigenvalue weighted by atomic mass is 32.2. The van der Waals surface area contributed by atoms with Crippen LogP contribution >= 0.6 is 0 Å². The number of rotatable bonds is 6. The largest absolute Gasteiger partial charge is 0.350 e. The van der Waals surface area contributed by atoms with Gasteiger partial charge in [-0.3, -0.25) is 14.8 Å². The van der Waals surface area contributed by atoms with E-state index in [4.69, 9.17) is 0 Å². The molecule has 6 nitrogen and oxygen atoms in total. The van der Waals surface area contributed by atoms with Crippen molar-refractivity contribution in [2.24, 2.45) is 0 Å². The quantitative estimate of drug-likeness (QED) is 0.709. The highest BCUT2D eigenvalue weighted by molar-refractivity contribution is 7.91. The van der Waals surface area contributed by atoms with Crippen molar-refractivity contribution in [3.8, 4) is 0 Å². The minimum absolute atomic E-state index is 0.0738. The Labute approximate surface area is 158 Å². The summed E-state index contributed by atoms with van der Waals surface area (Å²) in [6.45, 7) is 1.82. The SMILES string of the molecule is Cc1ccc(S(=O)(=O)C(CNC(=O)c2cccnc2)c2cccnc2)cc1. The lowest BCUT2D eigenvalue weighted by Gasteiger charge is -2.19. The zero-order valence-corrected chi connectivity index (χ0v) is 15.6. The van der Waals surface area contributed by atoms with Crippen LogP contribution in [-0.4, -0.2) is 30.8 Å². The van der Waals surface area contributed by atoms with Gasteiger partial charge in [-0.1, -0.05) is 23.8 Å². The zero-order valence-electron chi connectivity index (χ0n) is 14.7. The van der Waals surface area contributed by atoms with E-state index >= 15 is 0 Å². The predicted octanol–water partition coefficient (Wildman–Crippen LogP) is 2.73. The van der Waals surface area contributed by atoms with Gasteiger partial charge in [0, 0.05) is 31.3 Å². The van der Waals surface area contributed by atoms with E-state index in [9.17, 15) is 13.2 Å². The van der Waals surface area contributed by atoms with Crippen molar-refractivity contribution in [3.63, 3.8) is 0 Å². The number of aryl methyl sites for hydroxylation is 1. The van der Waals surface area contributed by atoms with Gasteiger partial charge >= 0.3 is 0 Å². The lowest BCUT2D eigenvalue weighted by Crippen LogP contribution is -2.32. The molecule has 0 aliphatic rings. The minimum atomic E-state index is -3.72. The van der Waals surface area contributed by atoms with Crippen LogP contribution in [0.1, 0.15) is 26.7 Å². The second-order valence-corrected chi connectivity index (χ2v) is 8.22. The van der Waals surface area contributed by atoms with E-state index in [1.54, 1.807) is 60.9 Å². The van der Waals surface area contributed by atoms with Crippen LogP contribution in [0.3, 0.4) is 0 Å². The fourth-order valence-corrected chi connectivity index (χ4v) is 4.29. The van der Waals surface area contributed by atoms with Crippen molar-refractivity contribution in [1.29, 1.82) is 0 Å². The molecule has 1 N–H and O–H groups in total. The van der Waals surface area contributed by atoms with E-state index in [1.807, 2.05) is 6.92 Å². The van der Waals surface area contributed by atoms with Gasteiger partial charge in [0.25, 0.3) is 5.91 Å². The summed E-state index contributed by atoms with van der Waals surface area (Å²) in [5, 5.41) is 1.75. The molecule has 2 aromatic heterocycles. The molecule has 1 atom stereocenters. The topological polar surface area (TPSA) is 89.0 Å². The maximum atomic E-state index is 13.2. The van der Waals surface area contributed by atoms with Crippen LogP contribution in [0.5, 0.6) is 0 Å². The van der Waals surface area contributed by atoms with E-state index in [0.29, 0.717) is 11.1 Å². The normalized spacial score (nSPS) is 12.3. The first-order valence-corrected chi connectivity index (χ1v) is 9.92. The van der Waals surface area contributed by atoms with Gasteiger partial charge in [0.05, 0.1) is 10.5 Å². The lowest BCUT2D eigenvalue weighted by atomic mass is 10.2. The number of hydrogen-bond donors (Lipinski definition) is 1. The van der Waals surface area contributed by atoms with Gasteiger partial charge in [-0.05, 0) is 42.8 Å². The third-order valence-corrected chi connectivity index (χ3v) is 6.27. The second-order valence-electron chi connectivity index (χ2n) is 6.08. The molecule has 0 saturated carbocycles. The first-order chi connectivity index (χ1) is 13.0. The monoisotopic (exact) mass is 381 g/mol. The number of nitrogens with zero attached hydrogens (tertiary/aromatic N) is 2. The van der Waals surface area contributed by atoms with Crippen molar-refractivity contribution in [2.45, 2.75) is 17.1 Å². The van der Waals surface area contributed by atoms with Crippen LogP contribution < -0.4 is 5.32 Å². The molecule has 0 aliphatic heterocycles. The molecule has 1 aromatic carbocycles. The summed E-state index contributed by atoms with van der Waals surface area (Å²) in [6, 6.07) is 13.3. The number of amides is 1. The van der Waals surface area contributed by atoms with Gasteiger partial charge in [-0.15, -0.1) is 0 Å². The standard InChI is InChI=1S/C20H19N3O3S/c1-15-6-8-18(9-7-15)27(25,26)19(16-4-2-10-21-12-16)14-23-20(24)17-5-3-11-22-13-17/h2-13,19H,14H2,1H3,(H,23,24). The van der Waals surface area contributed by atoms with Gasteiger partial charge in [0.15, 0.2) is 9.84 Å². The van der Waals surface area contributed by atoms with E-state index < -0.39 is 15.1 Å². The Morgan fingerprint density at radius 1 is 1.00 bits per heavy atom. The molecule has 1 amide bonds. The van der Waals surface area contributed by atoms with E-state index in [0.717, 1.165) is 5.56 Å². The maximum absolute atomic E-state index is 13.2. The average Bonchev–Trinajstić information content (AvgIpc) is 2.69. The fraction of sp³-hybridized carbons (Fsp3) is 0.150. The first-order valence-electron chi connectivity index (χ1n) is 8.37. The van der Waals surface area contributed by atoms with Crippen molar-refractivity contribution < 1.29 is 13.2 Å². The third kappa shape index (κ3) is 4.38. The Kier molecular flexibility index (Phi) is 5.61. The van der Waals surface area contributed by atoms with Crippen LogP contribution in [-0.2, 0) is 9.84 Å². The van der Waals surface area contributed by atoms with E-state index in [2.05, 4.69) is 15.3 Å². The van der Waals surface area contributed by atoms with Crippen LogP contribution in [0, 0.1) is 6.92 Å². The number of sulfone groups is 1. The van der Waals surface area contributed by atoms with Crippen molar-refractivity contribution >= 4 is 15.7 Å². The molecular weight excluding hydrogens is 362 g/mol. The molecule has 2 heterocycles. The summed E-state index contributed by atoms with van der Waals surface area (Å²) in [5.41, 5.74) is 1.86. The average molecular weight is 381 g/mol. The van der Waals surface area contributed by atoms with Gasteiger partial charge in [-0.2, -0.15) is 0 Å². The van der Waals surface area contributed by atoms with Gasteiger partial charge in [0.2, 0.25) is 0 Å². The zero-order chi connectivity index (χ0) is 19.3. The van der Waals surface area contributed by atoms with Crippen molar-refractivity contribution in [3.05, 3.63) is 90.0 Å². The van der Waals surface area contributed by atoms with Crippen molar-refractivity contribution in [2.75, 3.05) is 6.54 Å². The molecule has 3 aromatic rings. The summed E-state index contributed by atoms with van der Waals surface area (Å²) in [5.74, 6) is -0.379.